The second-order valence-corrected chi connectivity index (χ2v) is 6.14. The number of rotatable bonds is 4. The van der Waals surface area contributed by atoms with Gasteiger partial charge >= 0.3 is 0 Å². The minimum absolute atomic E-state index is 0.164. The summed E-state index contributed by atoms with van der Waals surface area (Å²) in [4.78, 5) is 0.164. The molecule has 0 saturated carbocycles. The molecule has 0 bridgehead atoms. The molecule has 6 heteroatoms. The van der Waals surface area contributed by atoms with E-state index in [0.29, 0.717) is 0 Å². The molecule has 0 fully saturated rings. The molecule has 94 valence electrons. The molecule has 0 aliphatic carbocycles. The molecular weight excluding hydrogens is 238 g/mol. The largest absolute Gasteiger partial charge is 0.386 e. The third-order valence-corrected chi connectivity index (χ3v) is 4.07. The van der Waals surface area contributed by atoms with Crippen LogP contribution in [0.4, 0.5) is 0 Å². The molecule has 0 saturated heterocycles. The Morgan fingerprint density at radius 1 is 1.29 bits per heavy atom. The summed E-state index contributed by atoms with van der Waals surface area (Å²) in [7, 11) is -3.65. The van der Waals surface area contributed by atoms with E-state index in [1.165, 1.54) is 12.1 Å². The molecule has 0 aromatic heterocycles. The van der Waals surface area contributed by atoms with Crippen molar-refractivity contribution in [1.82, 2.24) is 4.72 Å². The summed E-state index contributed by atoms with van der Waals surface area (Å²) >= 11 is 0. The molecule has 0 spiro atoms. The van der Waals surface area contributed by atoms with Crippen LogP contribution in [0.1, 0.15) is 19.4 Å². The molecule has 0 unspecified atom stereocenters. The highest BCUT2D eigenvalue weighted by atomic mass is 32.2. The third kappa shape index (κ3) is 3.28. The van der Waals surface area contributed by atoms with Crippen LogP contribution in [0.25, 0.3) is 0 Å². The first-order valence-electron chi connectivity index (χ1n) is 5.10. The van der Waals surface area contributed by atoms with E-state index in [4.69, 9.17) is 11.1 Å². The van der Waals surface area contributed by atoms with E-state index in [-0.39, 0.29) is 10.7 Å². The summed E-state index contributed by atoms with van der Waals surface area (Å²) in [6.07, 6.45) is 0. The first-order chi connectivity index (χ1) is 7.65. The minimum atomic E-state index is -3.65. The van der Waals surface area contributed by atoms with Gasteiger partial charge in [0.25, 0.3) is 0 Å². The van der Waals surface area contributed by atoms with Gasteiger partial charge in [-0.3, -0.25) is 5.41 Å². The predicted octanol–water partition coefficient (Wildman–Crippen LogP) is 0.988. The van der Waals surface area contributed by atoms with Crippen molar-refractivity contribution < 1.29 is 8.42 Å². The van der Waals surface area contributed by atoms with E-state index in [2.05, 4.69) is 4.72 Å². The quantitative estimate of drug-likeness (QED) is 0.553. The third-order valence-electron chi connectivity index (χ3n) is 2.39. The van der Waals surface area contributed by atoms with Gasteiger partial charge in [0.15, 0.2) is 0 Å². The van der Waals surface area contributed by atoms with Crippen molar-refractivity contribution in [3.63, 3.8) is 0 Å². The topological polar surface area (TPSA) is 96.0 Å². The first-order valence-corrected chi connectivity index (χ1v) is 6.58. The van der Waals surface area contributed by atoms with Crippen molar-refractivity contribution in [3.05, 3.63) is 29.8 Å². The summed E-state index contributed by atoms with van der Waals surface area (Å²) in [5.41, 5.74) is 5.22. The Hall–Kier alpha value is -1.40. The Labute approximate surface area is 102 Å². The Bertz CT molecular complexity index is 518. The van der Waals surface area contributed by atoms with Crippen LogP contribution in [0, 0.1) is 12.3 Å². The Morgan fingerprint density at radius 2 is 1.76 bits per heavy atom. The maximum Gasteiger partial charge on any atom is 0.241 e. The molecule has 0 atom stereocenters. The zero-order valence-corrected chi connectivity index (χ0v) is 10.9. The van der Waals surface area contributed by atoms with Crippen molar-refractivity contribution in [3.8, 4) is 0 Å². The molecule has 1 rings (SSSR count). The number of hydrogen-bond donors (Lipinski definition) is 3. The highest BCUT2D eigenvalue weighted by molar-refractivity contribution is 7.89. The van der Waals surface area contributed by atoms with Gasteiger partial charge in [-0.15, -0.1) is 0 Å². The smallest absolute Gasteiger partial charge is 0.241 e. The van der Waals surface area contributed by atoms with Crippen LogP contribution in [0.3, 0.4) is 0 Å². The average Bonchev–Trinajstić information content (AvgIpc) is 2.16. The van der Waals surface area contributed by atoms with Crippen LogP contribution in [-0.2, 0) is 10.0 Å². The zero-order chi connectivity index (χ0) is 13.3. The van der Waals surface area contributed by atoms with Gasteiger partial charge < -0.3 is 5.73 Å². The lowest BCUT2D eigenvalue weighted by molar-refractivity contribution is 0.542. The Kier molecular flexibility index (Phi) is 3.59. The van der Waals surface area contributed by atoms with Gasteiger partial charge in [-0.25, -0.2) is 8.42 Å². The molecule has 4 N–H and O–H groups in total. The van der Waals surface area contributed by atoms with Crippen LogP contribution >= 0.6 is 0 Å². The summed E-state index contributed by atoms with van der Waals surface area (Å²) in [6, 6.07) is 6.48. The van der Waals surface area contributed by atoms with Gasteiger partial charge in [0.1, 0.15) is 5.84 Å². The fraction of sp³-hybridized carbons (Fsp3) is 0.364. The molecule has 1 aromatic rings. The van der Waals surface area contributed by atoms with Crippen LogP contribution in [0.5, 0.6) is 0 Å². The van der Waals surface area contributed by atoms with Crippen LogP contribution in [0.2, 0.25) is 0 Å². The molecule has 1 aromatic carbocycles. The number of nitrogens with two attached hydrogens (primary N) is 1. The van der Waals surface area contributed by atoms with Crippen LogP contribution in [-0.4, -0.2) is 19.8 Å². The van der Waals surface area contributed by atoms with Gasteiger partial charge in [0, 0.05) is 0 Å². The van der Waals surface area contributed by atoms with Gasteiger partial charge in [-0.05, 0) is 32.9 Å². The second kappa shape index (κ2) is 4.46. The lowest BCUT2D eigenvalue weighted by Gasteiger charge is -2.24. The second-order valence-electron chi connectivity index (χ2n) is 4.46. The van der Waals surface area contributed by atoms with Crippen LogP contribution in [0.15, 0.2) is 29.2 Å². The lowest BCUT2D eigenvalue weighted by Crippen LogP contribution is -2.52. The summed E-state index contributed by atoms with van der Waals surface area (Å²) in [6.45, 7) is 4.96. The highest BCUT2D eigenvalue weighted by Crippen LogP contribution is 2.13. The molecule has 0 radical (unpaired) electrons. The number of hydrogen-bond acceptors (Lipinski definition) is 3. The van der Waals surface area contributed by atoms with E-state index < -0.39 is 15.6 Å². The van der Waals surface area contributed by atoms with Crippen LogP contribution < -0.4 is 10.5 Å². The Balaban J connectivity index is 3.05. The molecule has 0 aliphatic heterocycles. The number of amidine groups is 1. The van der Waals surface area contributed by atoms with E-state index in [9.17, 15) is 8.42 Å². The van der Waals surface area contributed by atoms with E-state index in [1.54, 1.807) is 26.0 Å². The molecule has 0 aliphatic rings. The number of nitrogens with one attached hydrogen (secondary N) is 2. The van der Waals surface area contributed by atoms with Crippen molar-refractivity contribution in [2.75, 3.05) is 0 Å². The zero-order valence-electron chi connectivity index (χ0n) is 10.1. The summed E-state index contributed by atoms with van der Waals surface area (Å²) in [5, 5.41) is 7.32. The molecule has 5 nitrogen and oxygen atoms in total. The summed E-state index contributed by atoms with van der Waals surface area (Å²) in [5.74, 6) is -0.229. The van der Waals surface area contributed by atoms with Crippen molar-refractivity contribution >= 4 is 15.9 Å². The SMILES string of the molecule is Cc1ccc(S(=O)(=O)NC(C)(C)C(=N)N)cc1. The highest BCUT2D eigenvalue weighted by Gasteiger charge is 2.28. The average molecular weight is 255 g/mol. The normalized spacial score (nSPS) is 12.4. The fourth-order valence-corrected chi connectivity index (χ4v) is 2.56. The standard InChI is InChI=1S/C11H17N3O2S/c1-8-4-6-9(7-5-8)17(15,16)14-11(2,3)10(12)13/h4-7,14H,1-3H3,(H3,12,13). The van der Waals surface area contributed by atoms with Gasteiger partial charge in [0.2, 0.25) is 10.0 Å². The monoisotopic (exact) mass is 255 g/mol. The minimum Gasteiger partial charge on any atom is -0.386 e. The summed E-state index contributed by atoms with van der Waals surface area (Å²) < 4.78 is 26.4. The lowest BCUT2D eigenvalue weighted by atomic mass is 10.1. The van der Waals surface area contributed by atoms with Gasteiger partial charge in [-0.1, -0.05) is 17.7 Å². The number of aryl methyl sites for hydroxylation is 1. The van der Waals surface area contributed by atoms with E-state index >= 15 is 0 Å². The molecular formula is C11H17N3O2S. The number of benzene rings is 1. The molecule has 0 heterocycles. The van der Waals surface area contributed by atoms with Gasteiger partial charge in [0.05, 0.1) is 10.4 Å². The predicted molar refractivity (Wildman–Crippen MR) is 67.5 cm³/mol. The first kappa shape index (κ1) is 13.7. The maximum atomic E-state index is 12.0. The van der Waals surface area contributed by atoms with Crippen molar-refractivity contribution in [2.45, 2.75) is 31.2 Å². The number of sulfonamides is 1. The Morgan fingerprint density at radius 3 is 2.18 bits per heavy atom. The molecule has 17 heavy (non-hydrogen) atoms. The van der Waals surface area contributed by atoms with E-state index in [0.717, 1.165) is 5.56 Å². The maximum absolute atomic E-state index is 12.0. The molecule has 0 amide bonds. The fourth-order valence-electron chi connectivity index (χ4n) is 1.17. The van der Waals surface area contributed by atoms with E-state index in [1.807, 2.05) is 6.92 Å². The van der Waals surface area contributed by atoms with Crippen molar-refractivity contribution in [2.24, 2.45) is 5.73 Å². The van der Waals surface area contributed by atoms with Crippen molar-refractivity contribution in [1.29, 1.82) is 5.41 Å². The van der Waals surface area contributed by atoms with Gasteiger partial charge in [-0.2, -0.15) is 4.72 Å².